The molecule has 7 nitrogen and oxygen atoms in total. The number of terminal acetylenes is 1. The number of piperidine rings is 1. The molecule has 0 spiro atoms. The lowest BCUT2D eigenvalue weighted by molar-refractivity contribution is -0.302. The van der Waals surface area contributed by atoms with E-state index in [1.807, 2.05) is 5.92 Å². The molecule has 1 saturated heterocycles. The zero-order valence-corrected chi connectivity index (χ0v) is 21.1. The van der Waals surface area contributed by atoms with E-state index in [4.69, 9.17) is 22.8 Å². The second-order valence-corrected chi connectivity index (χ2v) is 9.58. The molecular weight excluding hydrogens is 530 g/mol. The van der Waals surface area contributed by atoms with Crippen molar-refractivity contribution in [3.05, 3.63) is 28.7 Å². The first kappa shape index (κ1) is 30.2. The van der Waals surface area contributed by atoms with Crippen LogP contribution in [0.5, 0.6) is 0 Å². The van der Waals surface area contributed by atoms with Gasteiger partial charge in [-0.25, -0.2) is 9.78 Å². The summed E-state index contributed by atoms with van der Waals surface area (Å²) in [5, 5.41) is -0.995. The van der Waals surface area contributed by atoms with E-state index in [9.17, 15) is 31.1 Å². The summed E-state index contributed by atoms with van der Waals surface area (Å²) < 4.78 is 87.4. The van der Waals surface area contributed by atoms with Crippen LogP contribution in [0.1, 0.15) is 46.1 Å². The van der Waals surface area contributed by atoms with Crippen molar-refractivity contribution in [2.45, 2.75) is 58.7 Å². The van der Waals surface area contributed by atoms with Crippen LogP contribution in [0, 0.1) is 24.2 Å². The topological polar surface area (TPSA) is 76.9 Å². The number of halogens is 7. The Morgan fingerprint density at radius 1 is 1.22 bits per heavy atom. The molecule has 1 fully saturated rings. The van der Waals surface area contributed by atoms with Crippen LogP contribution in [0.2, 0.25) is 5.15 Å². The maximum absolute atomic E-state index is 13.1. The average molecular weight is 555 g/mol. The molecule has 1 unspecified atom stereocenters. The minimum absolute atomic E-state index is 0.138. The van der Waals surface area contributed by atoms with Crippen LogP contribution in [-0.4, -0.2) is 51.7 Å². The van der Waals surface area contributed by atoms with E-state index in [1.165, 1.54) is 4.90 Å². The summed E-state index contributed by atoms with van der Waals surface area (Å²) in [6.45, 7) is 7.53. The summed E-state index contributed by atoms with van der Waals surface area (Å²) in [4.78, 5) is 24.2. The highest BCUT2D eigenvalue weighted by Crippen LogP contribution is 2.34. The van der Waals surface area contributed by atoms with Crippen molar-refractivity contribution in [2.24, 2.45) is 16.8 Å². The average Bonchev–Trinajstić information content (AvgIpc) is 2.74. The number of carbonyl (C=O) groups excluding carboxylic acids is 1. The fourth-order valence-corrected chi connectivity index (χ4v) is 3.68. The summed E-state index contributed by atoms with van der Waals surface area (Å²) in [5.74, 6) is -0.228. The molecule has 0 N–H and O–H groups in total. The fourth-order valence-electron chi connectivity index (χ4n) is 3.45. The zero-order valence-electron chi connectivity index (χ0n) is 20.4. The summed E-state index contributed by atoms with van der Waals surface area (Å²) in [6.07, 6.45) is -2.71. The van der Waals surface area contributed by atoms with E-state index >= 15 is 0 Å². The van der Waals surface area contributed by atoms with E-state index in [0.717, 1.165) is 6.08 Å². The number of allylic oxidation sites excluding steroid dienone is 2. The van der Waals surface area contributed by atoms with Crippen molar-refractivity contribution in [1.29, 1.82) is 0 Å². The Morgan fingerprint density at radius 3 is 2.27 bits per heavy atom. The van der Waals surface area contributed by atoms with Gasteiger partial charge in [-0.3, -0.25) is 0 Å². The molecule has 2 heterocycles. The van der Waals surface area contributed by atoms with Crippen molar-refractivity contribution in [3.63, 3.8) is 0 Å². The number of hydrogen-bond donors (Lipinski definition) is 0. The number of nitrogens with zero attached hydrogens (tertiary/aromatic N) is 4. The Kier molecular flexibility index (Phi) is 9.46. The van der Waals surface area contributed by atoms with Gasteiger partial charge in [0.25, 0.3) is 5.95 Å². The molecule has 2 rings (SSSR count). The van der Waals surface area contributed by atoms with Gasteiger partial charge in [0.05, 0.1) is 0 Å². The number of aliphatic imine (C=N–C) groups is 1. The first-order valence-corrected chi connectivity index (χ1v) is 11.4. The van der Waals surface area contributed by atoms with E-state index in [0.29, 0.717) is 32.1 Å². The van der Waals surface area contributed by atoms with Crippen molar-refractivity contribution in [1.82, 2.24) is 14.9 Å². The van der Waals surface area contributed by atoms with Gasteiger partial charge in [-0.1, -0.05) is 18.5 Å². The first-order chi connectivity index (χ1) is 16.9. The van der Waals surface area contributed by atoms with Gasteiger partial charge in [0, 0.05) is 19.3 Å². The maximum atomic E-state index is 13.1. The third-order valence-corrected chi connectivity index (χ3v) is 5.48. The molecule has 0 bridgehead atoms. The largest absolute Gasteiger partial charge is 0.573 e. The molecule has 0 saturated carbocycles. The molecule has 0 aromatic carbocycles. The minimum atomic E-state index is -5.14. The van der Waals surface area contributed by atoms with E-state index in [-0.39, 0.29) is 5.92 Å². The highest BCUT2D eigenvalue weighted by Gasteiger charge is 2.36. The quantitative estimate of drug-likeness (QED) is 0.135. The van der Waals surface area contributed by atoms with Crippen LogP contribution in [0.15, 0.2) is 23.0 Å². The van der Waals surface area contributed by atoms with Crippen LogP contribution < -0.4 is 0 Å². The molecule has 1 aliphatic heterocycles. The first-order valence-electron chi connectivity index (χ1n) is 11.0. The second-order valence-electron chi connectivity index (χ2n) is 9.22. The summed E-state index contributed by atoms with van der Waals surface area (Å²) in [7, 11) is 0. The smallest absolute Gasteiger partial charge is 0.444 e. The predicted molar refractivity (Wildman–Crippen MR) is 123 cm³/mol. The Morgan fingerprint density at radius 2 is 1.81 bits per heavy atom. The molecule has 204 valence electrons. The molecular formula is C23H25ClF6N4O3. The van der Waals surface area contributed by atoms with Crippen LogP contribution in [-0.2, 0) is 15.7 Å². The lowest BCUT2D eigenvalue weighted by Crippen LogP contribution is -2.42. The highest BCUT2D eigenvalue weighted by atomic mass is 35.5. The number of alkyl halides is 6. The predicted octanol–water partition coefficient (Wildman–Crippen LogP) is 6.56. The number of amides is 1. The molecule has 1 aromatic heterocycles. The number of rotatable bonds is 5. The fraction of sp³-hybridized carbons (Fsp3) is 0.565. The molecule has 1 aromatic rings. The van der Waals surface area contributed by atoms with Gasteiger partial charge < -0.3 is 14.4 Å². The summed E-state index contributed by atoms with van der Waals surface area (Å²) in [6, 6.07) is 0. The standard InChI is InChI=1S/C23H25ClF6N4O3/c1-6-16(32-19-31-12-15(18(24)33-19)22(25,26)27)17(36-23(28,29)30)11-13(2)14-7-9-34(10-8-14)20(35)37-21(3,4)5/h1,11-14H,7-10H2,2-5H3. The number of likely N-dealkylation sites (tertiary alicyclic amines) is 1. The van der Waals surface area contributed by atoms with E-state index in [2.05, 4.69) is 19.7 Å². The van der Waals surface area contributed by atoms with E-state index in [1.54, 1.807) is 27.7 Å². The van der Waals surface area contributed by atoms with Gasteiger partial charge in [0.15, 0.2) is 11.5 Å². The van der Waals surface area contributed by atoms with Gasteiger partial charge in [-0.2, -0.15) is 23.1 Å². The van der Waals surface area contributed by atoms with Crippen molar-refractivity contribution in [3.8, 4) is 12.3 Å². The molecule has 0 radical (unpaired) electrons. The lowest BCUT2D eigenvalue weighted by Gasteiger charge is -2.35. The van der Waals surface area contributed by atoms with Gasteiger partial charge in [0.2, 0.25) is 0 Å². The molecule has 37 heavy (non-hydrogen) atoms. The van der Waals surface area contributed by atoms with Gasteiger partial charge in [-0.15, -0.1) is 19.6 Å². The van der Waals surface area contributed by atoms with Gasteiger partial charge in [0.1, 0.15) is 16.3 Å². The third-order valence-electron chi connectivity index (χ3n) is 5.19. The van der Waals surface area contributed by atoms with Crippen LogP contribution >= 0.6 is 11.6 Å². The number of aromatic nitrogens is 2. The Labute approximate surface area is 214 Å². The maximum Gasteiger partial charge on any atom is 0.573 e. The molecule has 0 aliphatic carbocycles. The monoisotopic (exact) mass is 554 g/mol. The normalized spacial score (nSPS) is 17.3. The van der Waals surface area contributed by atoms with Crippen LogP contribution in [0.3, 0.4) is 0 Å². The second kappa shape index (κ2) is 11.6. The SMILES string of the molecule is C#CC(=Nc1ncc(C(F)(F)F)c(Cl)n1)C(=CC(C)C1CCN(C(=O)OC(C)(C)C)CC1)OC(F)(F)F. The molecule has 14 heteroatoms. The summed E-state index contributed by atoms with van der Waals surface area (Å²) >= 11 is 5.53. The van der Waals surface area contributed by atoms with Crippen LogP contribution in [0.4, 0.5) is 37.1 Å². The summed E-state index contributed by atoms with van der Waals surface area (Å²) in [5.41, 5.74) is -2.70. The Balaban J connectivity index is 2.27. The Bertz CT molecular complexity index is 1080. The van der Waals surface area contributed by atoms with Crippen LogP contribution in [0.25, 0.3) is 0 Å². The zero-order chi connectivity index (χ0) is 28.2. The number of ether oxygens (including phenoxy) is 2. The molecule has 1 atom stereocenters. The van der Waals surface area contributed by atoms with E-state index < -0.39 is 58.3 Å². The highest BCUT2D eigenvalue weighted by molar-refractivity contribution is 6.30. The van der Waals surface area contributed by atoms with Gasteiger partial charge >= 0.3 is 18.6 Å². The van der Waals surface area contributed by atoms with Crippen molar-refractivity contribution in [2.75, 3.05) is 13.1 Å². The minimum Gasteiger partial charge on any atom is -0.444 e. The lowest BCUT2D eigenvalue weighted by atomic mass is 9.85. The number of carbonyl (C=O) groups is 1. The molecule has 1 amide bonds. The van der Waals surface area contributed by atoms with Gasteiger partial charge in [-0.05, 0) is 57.4 Å². The Hall–Kier alpha value is -3.01. The van der Waals surface area contributed by atoms with Crippen molar-refractivity contribution >= 4 is 29.4 Å². The number of hydrogen-bond acceptors (Lipinski definition) is 6. The third kappa shape index (κ3) is 9.42. The molecule has 1 aliphatic rings. The van der Waals surface area contributed by atoms with Crippen molar-refractivity contribution < 1.29 is 40.6 Å².